The van der Waals surface area contributed by atoms with Crippen LogP contribution < -0.4 is 0 Å². The van der Waals surface area contributed by atoms with E-state index in [9.17, 15) is 0 Å². The molecule has 2 aliphatic rings. The highest BCUT2D eigenvalue weighted by atomic mass is 79.9. The highest BCUT2D eigenvalue weighted by Crippen LogP contribution is 2.64. The van der Waals surface area contributed by atoms with Crippen molar-refractivity contribution in [2.75, 3.05) is 0 Å². The van der Waals surface area contributed by atoms with Crippen molar-refractivity contribution in [2.24, 2.45) is 0 Å². The fourth-order valence-electron chi connectivity index (χ4n) is 5.92. The average molecular weight is 524 g/mol. The average Bonchev–Trinajstić information content (AvgIpc) is 3.26. The van der Waals surface area contributed by atoms with Gasteiger partial charge < -0.3 is 0 Å². The third-order valence-electron chi connectivity index (χ3n) is 7.01. The minimum Gasteiger partial charge on any atom is -0.0619 e. The van der Waals surface area contributed by atoms with Crippen LogP contribution in [0.1, 0.15) is 22.3 Å². The Bertz CT molecular complexity index is 1520. The van der Waals surface area contributed by atoms with Crippen LogP contribution in [0.2, 0.25) is 0 Å². The van der Waals surface area contributed by atoms with Crippen LogP contribution in [0, 0.1) is 0 Å². The SMILES string of the molecule is Brc1ccc2c(c1)C1(c3ccccc3-c3ccccc31)c1cc(Br)c3ccccc3c1-2. The molecule has 5 aromatic rings. The number of rotatable bonds is 0. The van der Waals surface area contributed by atoms with Gasteiger partial charge in [-0.2, -0.15) is 0 Å². The maximum absolute atomic E-state index is 3.91. The molecule has 0 amide bonds. The van der Waals surface area contributed by atoms with Gasteiger partial charge in [-0.3, -0.25) is 0 Å². The van der Waals surface area contributed by atoms with Gasteiger partial charge in [0.25, 0.3) is 0 Å². The molecule has 0 saturated carbocycles. The Hall–Kier alpha value is -2.68. The molecule has 1 spiro atoms. The van der Waals surface area contributed by atoms with Gasteiger partial charge >= 0.3 is 0 Å². The van der Waals surface area contributed by atoms with E-state index in [1.54, 1.807) is 0 Å². The first-order chi connectivity index (χ1) is 15.2. The second-order valence-corrected chi connectivity index (χ2v) is 10.1. The minimum absolute atomic E-state index is 0.311. The predicted molar refractivity (Wildman–Crippen MR) is 136 cm³/mol. The lowest BCUT2D eigenvalue weighted by atomic mass is 9.70. The Morgan fingerprint density at radius 1 is 0.484 bits per heavy atom. The zero-order chi connectivity index (χ0) is 20.7. The van der Waals surface area contributed by atoms with E-state index >= 15 is 0 Å². The van der Waals surface area contributed by atoms with Gasteiger partial charge in [-0.05, 0) is 73.5 Å². The van der Waals surface area contributed by atoms with Gasteiger partial charge in [0.05, 0.1) is 5.41 Å². The van der Waals surface area contributed by atoms with E-state index in [2.05, 4.69) is 129 Å². The van der Waals surface area contributed by atoms with Gasteiger partial charge in [0.1, 0.15) is 0 Å². The van der Waals surface area contributed by atoms with Crippen molar-refractivity contribution in [3.63, 3.8) is 0 Å². The third-order valence-corrected chi connectivity index (χ3v) is 8.15. The Labute approximate surface area is 197 Å². The smallest absolute Gasteiger partial charge is 0.0619 e. The summed E-state index contributed by atoms with van der Waals surface area (Å²) in [6.45, 7) is 0. The van der Waals surface area contributed by atoms with Crippen LogP contribution in [0.25, 0.3) is 33.0 Å². The van der Waals surface area contributed by atoms with Crippen LogP contribution in [0.5, 0.6) is 0 Å². The second-order valence-electron chi connectivity index (χ2n) is 8.36. The lowest BCUT2D eigenvalue weighted by molar-refractivity contribution is 0.793. The zero-order valence-corrected chi connectivity index (χ0v) is 19.7. The van der Waals surface area contributed by atoms with E-state index in [1.165, 1.54) is 55.3 Å². The fraction of sp³-hybridized carbons (Fsp3) is 0.0345. The maximum Gasteiger partial charge on any atom is 0.0726 e. The van der Waals surface area contributed by atoms with Crippen molar-refractivity contribution in [3.05, 3.63) is 128 Å². The highest BCUT2D eigenvalue weighted by Gasteiger charge is 2.52. The van der Waals surface area contributed by atoms with E-state index in [-0.39, 0.29) is 5.41 Å². The molecule has 0 aromatic heterocycles. The monoisotopic (exact) mass is 522 g/mol. The summed E-state index contributed by atoms with van der Waals surface area (Å²) in [6, 6.07) is 35.7. The molecule has 0 unspecified atom stereocenters. The van der Waals surface area contributed by atoms with Crippen molar-refractivity contribution in [1.82, 2.24) is 0 Å². The normalized spacial score (nSPS) is 14.4. The van der Waals surface area contributed by atoms with Crippen LogP contribution in [-0.4, -0.2) is 0 Å². The van der Waals surface area contributed by atoms with Crippen molar-refractivity contribution in [3.8, 4) is 22.3 Å². The minimum atomic E-state index is -0.311. The van der Waals surface area contributed by atoms with E-state index in [0.29, 0.717) is 0 Å². The number of hydrogen-bond acceptors (Lipinski definition) is 0. The molecular weight excluding hydrogens is 508 g/mol. The first-order valence-electron chi connectivity index (χ1n) is 10.4. The Morgan fingerprint density at radius 2 is 1.10 bits per heavy atom. The molecule has 0 radical (unpaired) electrons. The second kappa shape index (κ2) is 6.18. The predicted octanol–water partition coefficient (Wildman–Crippen LogP) is 8.71. The Balaban J connectivity index is 1.77. The molecule has 2 aliphatic carbocycles. The molecule has 31 heavy (non-hydrogen) atoms. The van der Waals surface area contributed by atoms with Gasteiger partial charge in [-0.25, -0.2) is 0 Å². The molecule has 0 aliphatic heterocycles. The number of fused-ring (bicyclic) bond motifs is 12. The largest absolute Gasteiger partial charge is 0.0726 e. The lowest BCUT2D eigenvalue weighted by Gasteiger charge is -2.30. The van der Waals surface area contributed by atoms with E-state index in [4.69, 9.17) is 0 Å². The van der Waals surface area contributed by atoms with Crippen LogP contribution in [-0.2, 0) is 5.41 Å². The van der Waals surface area contributed by atoms with Crippen molar-refractivity contribution in [1.29, 1.82) is 0 Å². The van der Waals surface area contributed by atoms with E-state index < -0.39 is 0 Å². The molecule has 0 saturated heterocycles. The van der Waals surface area contributed by atoms with Crippen LogP contribution in [0.3, 0.4) is 0 Å². The summed E-state index contributed by atoms with van der Waals surface area (Å²) in [5, 5.41) is 2.56. The summed E-state index contributed by atoms with van der Waals surface area (Å²) in [6.07, 6.45) is 0. The fourth-order valence-corrected chi connectivity index (χ4v) is 6.86. The quantitative estimate of drug-likeness (QED) is 0.186. The molecule has 0 heterocycles. The first kappa shape index (κ1) is 17.9. The number of benzene rings is 5. The maximum atomic E-state index is 3.91. The van der Waals surface area contributed by atoms with Crippen LogP contribution >= 0.6 is 31.9 Å². The van der Waals surface area contributed by atoms with Crippen molar-refractivity contribution < 1.29 is 0 Å². The van der Waals surface area contributed by atoms with E-state index in [1.807, 2.05) is 0 Å². The molecule has 0 nitrogen and oxygen atoms in total. The van der Waals surface area contributed by atoms with Crippen molar-refractivity contribution in [2.45, 2.75) is 5.41 Å². The molecule has 0 N–H and O–H groups in total. The van der Waals surface area contributed by atoms with Gasteiger partial charge in [-0.1, -0.05) is 111 Å². The van der Waals surface area contributed by atoms with E-state index in [0.717, 1.165) is 8.95 Å². The highest BCUT2D eigenvalue weighted by molar-refractivity contribution is 9.11. The molecule has 5 aromatic carbocycles. The third kappa shape index (κ3) is 2.10. The van der Waals surface area contributed by atoms with Gasteiger partial charge in [0, 0.05) is 8.95 Å². The van der Waals surface area contributed by atoms with Gasteiger partial charge in [0.15, 0.2) is 0 Å². The number of halogens is 2. The summed E-state index contributed by atoms with van der Waals surface area (Å²) in [5.74, 6) is 0. The molecule has 2 heteroatoms. The molecular formula is C29H16Br2. The molecule has 0 atom stereocenters. The summed E-state index contributed by atoms with van der Waals surface area (Å²) >= 11 is 7.69. The standard InChI is InChI=1S/C29H16Br2/c30-17-13-14-22-25(15-17)29(26-16-27(31)20-9-1-2-10-21(20)28(22)26)23-11-5-3-7-18(23)19-8-4-6-12-24(19)29/h1-16H. The summed E-state index contributed by atoms with van der Waals surface area (Å²) < 4.78 is 2.26. The molecule has 146 valence electrons. The topological polar surface area (TPSA) is 0 Å². The van der Waals surface area contributed by atoms with Crippen LogP contribution in [0.4, 0.5) is 0 Å². The lowest BCUT2D eigenvalue weighted by Crippen LogP contribution is -2.25. The number of hydrogen-bond donors (Lipinski definition) is 0. The Morgan fingerprint density at radius 3 is 1.81 bits per heavy atom. The first-order valence-corrected chi connectivity index (χ1v) is 12.0. The van der Waals surface area contributed by atoms with Gasteiger partial charge in [-0.15, -0.1) is 0 Å². The van der Waals surface area contributed by atoms with Crippen molar-refractivity contribution >= 4 is 42.6 Å². The zero-order valence-electron chi connectivity index (χ0n) is 16.5. The summed E-state index contributed by atoms with van der Waals surface area (Å²) in [7, 11) is 0. The summed E-state index contributed by atoms with van der Waals surface area (Å²) in [4.78, 5) is 0. The van der Waals surface area contributed by atoms with Crippen LogP contribution in [0.15, 0.2) is 106 Å². The van der Waals surface area contributed by atoms with Gasteiger partial charge in [0.2, 0.25) is 0 Å². The molecule has 0 bridgehead atoms. The summed E-state index contributed by atoms with van der Waals surface area (Å²) in [5.41, 5.74) is 10.5. The Kier molecular flexibility index (Phi) is 3.58. The molecule has 7 rings (SSSR count). The molecule has 0 fully saturated rings.